The molecule has 3 nitrogen and oxygen atoms in total. The number of fused-ring (bicyclic) bond motifs is 1. The molecule has 3 heteroatoms. The van der Waals surface area contributed by atoms with E-state index < -0.39 is 0 Å². The van der Waals surface area contributed by atoms with Gasteiger partial charge in [-0.25, -0.2) is 4.98 Å². The molecule has 0 fully saturated rings. The molecular weight excluding hydrogens is 248 g/mol. The van der Waals surface area contributed by atoms with Gasteiger partial charge in [-0.2, -0.15) is 0 Å². The molecule has 1 heterocycles. The Morgan fingerprint density at radius 1 is 1.30 bits per heavy atom. The number of hydrogen-bond acceptors (Lipinski definition) is 2. The summed E-state index contributed by atoms with van der Waals surface area (Å²) < 4.78 is 5.76. The lowest BCUT2D eigenvalue weighted by Gasteiger charge is -2.20. The molecule has 2 aromatic rings. The van der Waals surface area contributed by atoms with E-state index in [0.717, 1.165) is 19.4 Å². The SMILES string of the molecule is C(=Cc1ccccc1)COCC1CCc2[nH]cnc2C1. The maximum Gasteiger partial charge on any atom is 0.0925 e. The van der Waals surface area contributed by atoms with E-state index in [1.54, 1.807) is 6.33 Å². The van der Waals surface area contributed by atoms with Crippen molar-refractivity contribution in [1.29, 1.82) is 0 Å². The zero-order valence-electron chi connectivity index (χ0n) is 11.6. The van der Waals surface area contributed by atoms with Crippen LogP contribution in [0, 0.1) is 5.92 Å². The zero-order valence-corrected chi connectivity index (χ0v) is 11.6. The van der Waals surface area contributed by atoms with Crippen LogP contribution in [-0.4, -0.2) is 23.2 Å². The van der Waals surface area contributed by atoms with Gasteiger partial charge in [0.15, 0.2) is 0 Å². The van der Waals surface area contributed by atoms with Crippen molar-refractivity contribution in [3.05, 3.63) is 59.7 Å². The number of aromatic nitrogens is 2. The van der Waals surface area contributed by atoms with Crippen molar-refractivity contribution >= 4 is 6.08 Å². The first-order chi connectivity index (χ1) is 9.92. The van der Waals surface area contributed by atoms with E-state index >= 15 is 0 Å². The third kappa shape index (κ3) is 3.36. The van der Waals surface area contributed by atoms with Gasteiger partial charge in [0.1, 0.15) is 0 Å². The largest absolute Gasteiger partial charge is 0.377 e. The number of aryl methyl sites for hydroxylation is 1. The van der Waals surface area contributed by atoms with Crippen LogP contribution in [0.4, 0.5) is 0 Å². The number of hydrogen-bond donors (Lipinski definition) is 1. The molecule has 1 aliphatic carbocycles. The minimum Gasteiger partial charge on any atom is -0.377 e. The molecule has 0 radical (unpaired) electrons. The molecule has 104 valence electrons. The Morgan fingerprint density at radius 3 is 3.10 bits per heavy atom. The first-order valence-electron chi connectivity index (χ1n) is 7.22. The predicted octanol–water partition coefficient (Wildman–Crippen LogP) is 3.24. The number of imidazole rings is 1. The highest BCUT2D eigenvalue weighted by Crippen LogP contribution is 2.22. The highest BCUT2D eigenvalue weighted by molar-refractivity contribution is 5.48. The molecule has 0 saturated carbocycles. The van der Waals surface area contributed by atoms with Crippen LogP contribution in [-0.2, 0) is 17.6 Å². The summed E-state index contributed by atoms with van der Waals surface area (Å²) in [4.78, 5) is 7.58. The molecule has 1 unspecified atom stereocenters. The summed E-state index contributed by atoms with van der Waals surface area (Å²) in [5.74, 6) is 0.607. The van der Waals surface area contributed by atoms with Gasteiger partial charge in [-0.3, -0.25) is 0 Å². The molecule has 1 aromatic heterocycles. The number of ether oxygens (including phenoxy) is 1. The van der Waals surface area contributed by atoms with Gasteiger partial charge in [0, 0.05) is 5.69 Å². The normalized spacial score (nSPS) is 18.3. The van der Waals surface area contributed by atoms with Crippen LogP contribution in [0.2, 0.25) is 0 Å². The molecule has 0 saturated heterocycles. The van der Waals surface area contributed by atoms with Crippen LogP contribution >= 0.6 is 0 Å². The van der Waals surface area contributed by atoms with Crippen molar-refractivity contribution in [3.8, 4) is 0 Å². The van der Waals surface area contributed by atoms with E-state index in [4.69, 9.17) is 4.74 Å². The molecule has 0 aliphatic heterocycles. The van der Waals surface area contributed by atoms with Crippen LogP contribution in [0.25, 0.3) is 6.08 Å². The number of nitrogens with one attached hydrogen (secondary N) is 1. The van der Waals surface area contributed by atoms with Crippen molar-refractivity contribution in [2.45, 2.75) is 19.3 Å². The summed E-state index contributed by atoms with van der Waals surface area (Å²) in [5.41, 5.74) is 3.75. The first-order valence-corrected chi connectivity index (χ1v) is 7.22. The fourth-order valence-corrected chi connectivity index (χ4v) is 2.66. The predicted molar refractivity (Wildman–Crippen MR) is 80.4 cm³/mol. The standard InChI is InChI=1S/C17H20N2O/c1-2-5-14(6-3-1)7-4-10-20-12-15-8-9-16-17(11-15)19-13-18-16/h1-7,13,15H,8-12H2,(H,18,19). The van der Waals surface area contributed by atoms with Gasteiger partial charge < -0.3 is 9.72 Å². The Hall–Kier alpha value is -1.87. The van der Waals surface area contributed by atoms with Crippen LogP contribution in [0.15, 0.2) is 42.7 Å². The van der Waals surface area contributed by atoms with Gasteiger partial charge in [-0.15, -0.1) is 0 Å². The number of nitrogens with zero attached hydrogens (tertiary/aromatic N) is 1. The van der Waals surface area contributed by atoms with E-state index in [0.29, 0.717) is 12.5 Å². The molecule has 1 aromatic carbocycles. The second-order valence-electron chi connectivity index (χ2n) is 5.29. The monoisotopic (exact) mass is 268 g/mol. The highest BCUT2D eigenvalue weighted by Gasteiger charge is 2.20. The molecular formula is C17H20N2O. The second-order valence-corrected chi connectivity index (χ2v) is 5.29. The Balaban J connectivity index is 1.40. The molecule has 0 bridgehead atoms. The lowest BCUT2D eigenvalue weighted by molar-refractivity contribution is 0.116. The third-order valence-corrected chi connectivity index (χ3v) is 3.77. The molecule has 1 atom stereocenters. The van der Waals surface area contributed by atoms with E-state index in [1.807, 2.05) is 18.2 Å². The summed E-state index contributed by atoms with van der Waals surface area (Å²) in [7, 11) is 0. The lowest BCUT2D eigenvalue weighted by Crippen LogP contribution is -2.19. The van der Waals surface area contributed by atoms with Gasteiger partial charge >= 0.3 is 0 Å². The summed E-state index contributed by atoms with van der Waals surface area (Å²) >= 11 is 0. The van der Waals surface area contributed by atoms with E-state index in [1.165, 1.54) is 23.4 Å². The molecule has 3 rings (SSSR count). The quantitative estimate of drug-likeness (QED) is 0.845. The van der Waals surface area contributed by atoms with Gasteiger partial charge in [0.05, 0.1) is 25.2 Å². The van der Waals surface area contributed by atoms with Gasteiger partial charge in [-0.05, 0) is 30.7 Å². The van der Waals surface area contributed by atoms with Crippen LogP contribution < -0.4 is 0 Å². The number of aromatic amines is 1. The molecule has 0 amide bonds. The van der Waals surface area contributed by atoms with E-state index in [-0.39, 0.29) is 0 Å². The summed E-state index contributed by atoms with van der Waals surface area (Å²) in [6.07, 6.45) is 9.32. The average Bonchev–Trinajstić information content (AvgIpc) is 2.95. The Labute approximate surface area is 119 Å². The van der Waals surface area contributed by atoms with Gasteiger partial charge in [0.25, 0.3) is 0 Å². The maximum atomic E-state index is 5.76. The molecule has 1 N–H and O–H groups in total. The highest BCUT2D eigenvalue weighted by atomic mass is 16.5. The van der Waals surface area contributed by atoms with Crippen LogP contribution in [0.1, 0.15) is 23.4 Å². The first kappa shape index (κ1) is 13.1. The lowest BCUT2D eigenvalue weighted by atomic mass is 9.90. The molecule has 20 heavy (non-hydrogen) atoms. The van der Waals surface area contributed by atoms with E-state index in [2.05, 4.69) is 34.3 Å². The Kier molecular flexibility index (Phi) is 4.28. The van der Waals surface area contributed by atoms with Gasteiger partial charge in [-0.1, -0.05) is 42.5 Å². The summed E-state index contributed by atoms with van der Waals surface area (Å²) in [6, 6.07) is 10.3. The topological polar surface area (TPSA) is 37.9 Å². The minimum absolute atomic E-state index is 0.607. The minimum atomic E-state index is 0.607. The number of H-pyrrole nitrogens is 1. The third-order valence-electron chi connectivity index (χ3n) is 3.77. The summed E-state index contributed by atoms with van der Waals surface area (Å²) in [5, 5.41) is 0. The smallest absolute Gasteiger partial charge is 0.0925 e. The van der Waals surface area contributed by atoms with Crippen molar-refractivity contribution in [3.63, 3.8) is 0 Å². The fourth-order valence-electron chi connectivity index (χ4n) is 2.66. The molecule has 0 spiro atoms. The maximum absolute atomic E-state index is 5.76. The summed E-state index contributed by atoms with van der Waals surface area (Å²) in [6.45, 7) is 1.50. The van der Waals surface area contributed by atoms with Crippen molar-refractivity contribution in [2.24, 2.45) is 5.92 Å². The number of benzene rings is 1. The van der Waals surface area contributed by atoms with Crippen LogP contribution in [0.3, 0.4) is 0 Å². The average molecular weight is 268 g/mol. The number of rotatable bonds is 5. The molecule has 1 aliphatic rings. The zero-order chi connectivity index (χ0) is 13.6. The van der Waals surface area contributed by atoms with E-state index in [9.17, 15) is 0 Å². The second kappa shape index (κ2) is 6.53. The van der Waals surface area contributed by atoms with Crippen molar-refractivity contribution in [1.82, 2.24) is 9.97 Å². The Bertz CT molecular complexity index is 559. The Morgan fingerprint density at radius 2 is 2.20 bits per heavy atom. The fraction of sp³-hybridized carbons (Fsp3) is 0.353. The van der Waals surface area contributed by atoms with Gasteiger partial charge in [0.2, 0.25) is 0 Å². The van der Waals surface area contributed by atoms with Crippen molar-refractivity contribution in [2.75, 3.05) is 13.2 Å². The van der Waals surface area contributed by atoms with Crippen LogP contribution in [0.5, 0.6) is 0 Å². The van der Waals surface area contributed by atoms with Crippen molar-refractivity contribution < 1.29 is 4.74 Å².